The van der Waals surface area contributed by atoms with E-state index in [0.29, 0.717) is 36.5 Å². The van der Waals surface area contributed by atoms with Crippen molar-refractivity contribution in [2.24, 2.45) is 5.73 Å². The van der Waals surface area contributed by atoms with E-state index in [-0.39, 0.29) is 12.4 Å². The molecule has 9 heteroatoms. The van der Waals surface area contributed by atoms with Crippen molar-refractivity contribution in [3.05, 3.63) is 71.2 Å². The largest absolute Gasteiger partial charge is 0.395 e. The topological polar surface area (TPSA) is 107 Å². The molecular weight excluding hydrogens is 411 g/mol. The van der Waals surface area contributed by atoms with Gasteiger partial charge in [-0.3, -0.25) is 0 Å². The Balaban J connectivity index is 1.77. The average molecular weight is 434 g/mol. The Kier molecular flexibility index (Phi) is 5.12. The molecule has 8 nitrogen and oxygen atoms in total. The first kappa shape index (κ1) is 20.2. The maximum absolute atomic E-state index is 14.2. The zero-order valence-corrected chi connectivity index (χ0v) is 17.3. The fraction of sp³-hybridized carbons (Fsp3) is 0.217. The average Bonchev–Trinajstić information content (AvgIpc) is 3.46. The van der Waals surface area contributed by atoms with Crippen LogP contribution in [0, 0.1) is 5.82 Å². The van der Waals surface area contributed by atoms with Gasteiger partial charge in [-0.25, -0.2) is 18.9 Å². The summed E-state index contributed by atoms with van der Waals surface area (Å²) in [7, 11) is 0. The van der Waals surface area contributed by atoms with E-state index < -0.39 is 5.69 Å². The molecule has 0 spiro atoms. The van der Waals surface area contributed by atoms with Gasteiger partial charge in [-0.05, 0) is 37.2 Å². The van der Waals surface area contributed by atoms with Crippen LogP contribution in [0.1, 0.15) is 6.42 Å². The van der Waals surface area contributed by atoms with Crippen molar-refractivity contribution in [3.8, 4) is 17.1 Å². The van der Waals surface area contributed by atoms with Gasteiger partial charge in [0.15, 0.2) is 5.82 Å². The Morgan fingerprint density at radius 1 is 1.03 bits per heavy atom. The number of benzene rings is 2. The molecule has 0 amide bonds. The van der Waals surface area contributed by atoms with Crippen LogP contribution in [0.5, 0.6) is 0 Å². The van der Waals surface area contributed by atoms with E-state index in [1.54, 1.807) is 6.07 Å². The molecule has 0 aliphatic heterocycles. The number of hydrogen-bond donors (Lipinski definition) is 3. The third-order valence-electron chi connectivity index (χ3n) is 5.71. The van der Waals surface area contributed by atoms with Crippen molar-refractivity contribution >= 4 is 21.8 Å². The molecule has 5 rings (SSSR count). The number of aliphatic hydroxyl groups excluding tert-OH is 1. The number of nitrogens with one attached hydrogen (secondary N) is 1. The number of aryl methyl sites for hydroxylation is 1. The number of rotatable bonds is 7. The predicted octanol–water partition coefficient (Wildman–Crippen LogP) is 2.62. The predicted molar refractivity (Wildman–Crippen MR) is 121 cm³/mol. The highest BCUT2D eigenvalue weighted by atomic mass is 19.1. The molecule has 0 saturated heterocycles. The number of nitrogens with zero attached hydrogens (tertiary/aromatic N) is 4. The molecule has 0 bridgehead atoms. The third kappa shape index (κ3) is 3.22. The fourth-order valence-electron chi connectivity index (χ4n) is 4.29. The van der Waals surface area contributed by atoms with E-state index >= 15 is 0 Å². The first-order chi connectivity index (χ1) is 15.6. The Morgan fingerprint density at radius 3 is 2.62 bits per heavy atom. The Bertz CT molecular complexity index is 1480. The molecule has 4 N–H and O–H groups in total. The van der Waals surface area contributed by atoms with Crippen molar-refractivity contribution < 1.29 is 9.50 Å². The van der Waals surface area contributed by atoms with Gasteiger partial charge in [0.05, 0.1) is 17.8 Å². The Morgan fingerprint density at radius 2 is 1.81 bits per heavy atom. The second-order valence-electron chi connectivity index (χ2n) is 7.68. The van der Waals surface area contributed by atoms with Gasteiger partial charge in [0.1, 0.15) is 5.82 Å². The first-order valence-corrected chi connectivity index (χ1v) is 10.5. The number of aromatic nitrogens is 5. The molecule has 32 heavy (non-hydrogen) atoms. The summed E-state index contributed by atoms with van der Waals surface area (Å²) < 4.78 is 19.6. The summed E-state index contributed by atoms with van der Waals surface area (Å²) in [6.45, 7) is 1.58. The smallest absolute Gasteiger partial charge is 0.348 e. The van der Waals surface area contributed by atoms with Crippen LogP contribution < -0.4 is 11.4 Å². The molecule has 0 aliphatic carbocycles. The van der Waals surface area contributed by atoms with Crippen LogP contribution in [-0.2, 0) is 13.1 Å². The van der Waals surface area contributed by atoms with Crippen molar-refractivity contribution in [2.75, 3.05) is 13.2 Å². The number of para-hydroxylation sites is 1. The molecule has 5 aromatic rings. The maximum atomic E-state index is 14.2. The molecule has 3 heterocycles. The molecule has 3 aromatic heterocycles. The molecule has 0 unspecified atom stereocenters. The maximum Gasteiger partial charge on any atom is 0.348 e. The summed E-state index contributed by atoms with van der Waals surface area (Å²) in [5.74, 6) is 0.0398. The molecule has 0 atom stereocenters. The molecule has 164 valence electrons. The zero-order valence-electron chi connectivity index (χ0n) is 17.3. The van der Waals surface area contributed by atoms with Crippen LogP contribution in [-0.4, -0.2) is 42.2 Å². The van der Waals surface area contributed by atoms with Crippen molar-refractivity contribution in [2.45, 2.75) is 19.5 Å². The number of halogens is 1. The monoisotopic (exact) mass is 434 g/mol. The summed E-state index contributed by atoms with van der Waals surface area (Å²) in [5, 5.41) is 17.8. The SMILES string of the molecule is NCCCn1cc(-n2c(-c3cn(CCO)c4ccccc34)n[nH]c2=O)c2cc(F)ccc21. The number of aromatic amines is 1. The van der Waals surface area contributed by atoms with Gasteiger partial charge in [-0.15, -0.1) is 0 Å². The summed E-state index contributed by atoms with van der Waals surface area (Å²) >= 11 is 0. The Labute approximate surface area is 182 Å². The molecule has 0 fully saturated rings. The van der Waals surface area contributed by atoms with Gasteiger partial charge in [0.2, 0.25) is 0 Å². The lowest BCUT2D eigenvalue weighted by atomic mass is 10.1. The van der Waals surface area contributed by atoms with E-state index in [1.807, 2.05) is 45.8 Å². The minimum atomic E-state index is -0.416. The lowest BCUT2D eigenvalue weighted by molar-refractivity contribution is 0.278. The molecule has 0 aliphatic rings. The lowest BCUT2D eigenvalue weighted by Crippen LogP contribution is -2.15. The fourth-order valence-corrected chi connectivity index (χ4v) is 4.29. The molecule has 0 radical (unpaired) electrons. The standard InChI is InChI=1S/C23H23FN6O2/c24-15-6-7-20-17(12-15)21(14-28(20)9-3-8-25)30-22(26-27-23(30)32)18-13-29(10-11-31)19-5-2-1-4-16(18)19/h1-2,4-7,12-14,31H,3,8-11,25H2,(H,27,32). The summed E-state index contributed by atoms with van der Waals surface area (Å²) in [6.07, 6.45) is 4.47. The van der Waals surface area contributed by atoms with Crippen molar-refractivity contribution in [1.82, 2.24) is 23.9 Å². The van der Waals surface area contributed by atoms with Crippen molar-refractivity contribution in [3.63, 3.8) is 0 Å². The van der Waals surface area contributed by atoms with E-state index in [2.05, 4.69) is 10.2 Å². The van der Waals surface area contributed by atoms with Crippen LogP contribution in [0.15, 0.2) is 59.7 Å². The molecule has 0 saturated carbocycles. The third-order valence-corrected chi connectivity index (χ3v) is 5.71. The van der Waals surface area contributed by atoms with E-state index in [0.717, 1.165) is 28.4 Å². The van der Waals surface area contributed by atoms with Crippen LogP contribution >= 0.6 is 0 Å². The number of aliphatic hydroxyl groups is 1. The van der Waals surface area contributed by atoms with Crippen LogP contribution in [0.4, 0.5) is 4.39 Å². The minimum absolute atomic E-state index is 0.0145. The van der Waals surface area contributed by atoms with Crippen molar-refractivity contribution in [1.29, 1.82) is 0 Å². The first-order valence-electron chi connectivity index (χ1n) is 10.5. The van der Waals surface area contributed by atoms with Gasteiger partial charge in [-0.1, -0.05) is 18.2 Å². The van der Waals surface area contributed by atoms with Gasteiger partial charge >= 0.3 is 5.69 Å². The second-order valence-corrected chi connectivity index (χ2v) is 7.68. The van der Waals surface area contributed by atoms with E-state index in [9.17, 15) is 14.3 Å². The highest BCUT2D eigenvalue weighted by Gasteiger charge is 2.21. The van der Waals surface area contributed by atoms with Crippen LogP contribution in [0.2, 0.25) is 0 Å². The Hall–Kier alpha value is -3.69. The highest BCUT2D eigenvalue weighted by molar-refractivity contribution is 5.96. The molecule has 2 aromatic carbocycles. The normalized spacial score (nSPS) is 11.7. The van der Waals surface area contributed by atoms with E-state index in [4.69, 9.17) is 5.73 Å². The number of nitrogens with two attached hydrogens (primary N) is 1. The minimum Gasteiger partial charge on any atom is -0.395 e. The van der Waals surface area contributed by atoms with Gasteiger partial charge < -0.3 is 20.0 Å². The summed E-state index contributed by atoms with van der Waals surface area (Å²) in [5.41, 5.74) is 8.30. The van der Waals surface area contributed by atoms with Gasteiger partial charge in [-0.2, -0.15) is 5.10 Å². The lowest BCUT2D eigenvalue weighted by Gasteiger charge is -2.04. The van der Waals surface area contributed by atoms with Crippen LogP contribution in [0.25, 0.3) is 38.9 Å². The molecular formula is C23H23FN6O2. The van der Waals surface area contributed by atoms with Gasteiger partial charge in [0.25, 0.3) is 0 Å². The summed E-state index contributed by atoms with van der Waals surface area (Å²) in [6, 6.07) is 12.3. The number of fused-ring (bicyclic) bond motifs is 2. The highest BCUT2D eigenvalue weighted by Crippen LogP contribution is 2.32. The second kappa shape index (κ2) is 8.10. The number of H-pyrrole nitrogens is 1. The summed E-state index contributed by atoms with van der Waals surface area (Å²) in [4.78, 5) is 12.9. The van der Waals surface area contributed by atoms with E-state index in [1.165, 1.54) is 16.7 Å². The quantitative estimate of drug-likeness (QED) is 0.366. The zero-order chi connectivity index (χ0) is 22.2. The van der Waals surface area contributed by atoms with Gasteiger partial charge in [0, 0.05) is 47.3 Å². The number of hydrogen-bond acceptors (Lipinski definition) is 4. The van der Waals surface area contributed by atoms with Crippen LogP contribution in [0.3, 0.4) is 0 Å².